The van der Waals surface area contributed by atoms with Gasteiger partial charge < -0.3 is 25.6 Å². The lowest BCUT2D eigenvalue weighted by Crippen LogP contribution is -2.50. The van der Waals surface area contributed by atoms with Crippen LogP contribution in [0.5, 0.6) is 0 Å². The molecule has 0 aromatic heterocycles. The Morgan fingerprint density at radius 2 is 1.56 bits per heavy atom. The molecule has 0 saturated heterocycles. The van der Waals surface area contributed by atoms with E-state index in [4.69, 9.17) is 15.2 Å². The van der Waals surface area contributed by atoms with Gasteiger partial charge in [-0.1, -0.05) is 0 Å². The van der Waals surface area contributed by atoms with Crippen molar-refractivity contribution in [3.8, 4) is 0 Å². The summed E-state index contributed by atoms with van der Waals surface area (Å²) < 4.78 is 10.3. The zero-order chi connectivity index (χ0) is 21.4. The number of hydrogen-bond donors (Lipinski definition) is 3. The van der Waals surface area contributed by atoms with Gasteiger partial charge in [-0.2, -0.15) is 0 Å². The molecule has 10 nitrogen and oxygen atoms in total. The molecule has 10 heteroatoms. The molecule has 0 unspecified atom stereocenters. The van der Waals surface area contributed by atoms with E-state index in [1.54, 1.807) is 41.5 Å². The maximum absolute atomic E-state index is 12.4. The summed E-state index contributed by atoms with van der Waals surface area (Å²) in [6.45, 7) is 9.81. The van der Waals surface area contributed by atoms with Crippen LogP contribution < -0.4 is 11.1 Å². The van der Waals surface area contributed by atoms with Crippen LogP contribution in [0.3, 0.4) is 0 Å². The van der Waals surface area contributed by atoms with Gasteiger partial charge in [-0.25, -0.2) is 14.4 Å². The molecular formula is C17H31N3O7. The molecule has 3 amide bonds. The third-order valence-corrected chi connectivity index (χ3v) is 2.97. The lowest BCUT2D eigenvalue weighted by Gasteiger charge is -2.31. The van der Waals surface area contributed by atoms with E-state index < -0.39 is 41.3 Å². The number of carboxylic acids is 1. The minimum absolute atomic E-state index is 0.0610. The molecule has 0 fully saturated rings. The molecular weight excluding hydrogens is 358 g/mol. The number of nitrogens with zero attached hydrogens (tertiary/aromatic N) is 1. The molecule has 0 spiro atoms. The van der Waals surface area contributed by atoms with Crippen LogP contribution in [0.4, 0.5) is 9.59 Å². The molecule has 0 rings (SSSR count). The quantitative estimate of drug-likeness (QED) is 0.569. The Hall–Kier alpha value is -2.52. The SMILES string of the molecule is CC(C)(C)OC(=O)NCCN(C(=O)OC(C)(C)C)[C@H](CCC(N)=O)C(=O)O. The topological polar surface area (TPSA) is 148 Å². The molecule has 0 bridgehead atoms. The van der Waals surface area contributed by atoms with Gasteiger partial charge in [0.25, 0.3) is 0 Å². The van der Waals surface area contributed by atoms with Gasteiger partial charge in [-0.3, -0.25) is 9.69 Å². The number of carbonyl (C=O) groups excluding carboxylic acids is 3. The molecule has 0 radical (unpaired) electrons. The highest BCUT2D eigenvalue weighted by Gasteiger charge is 2.33. The van der Waals surface area contributed by atoms with E-state index in [-0.39, 0.29) is 25.9 Å². The number of nitrogens with two attached hydrogens (primary N) is 1. The standard InChI is InChI=1S/C17H31N3O7/c1-16(2,3)26-14(24)19-9-10-20(15(25)27-17(4,5)6)11(13(22)23)7-8-12(18)21/h11H,7-10H2,1-6H3,(H2,18,21)(H,19,24)(H,22,23)/t11-/m1/s1. The summed E-state index contributed by atoms with van der Waals surface area (Å²) in [5.41, 5.74) is 3.54. The number of nitrogens with one attached hydrogen (secondary N) is 1. The van der Waals surface area contributed by atoms with Crippen molar-refractivity contribution in [2.24, 2.45) is 5.73 Å². The van der Waals surface area contributed by atoms with E-state index in [9.17, 15) is 24.3 Å². The lowest BCUT2D eigenvalue weighted by molar-refractivity contribution is -0.143. The van der Waals surface area contributed by atoms with Gasteiger partial charge in [0, 0.05) is 19.5 Å². The number of hydrogen-bond acceptors (Lipinski definition) is 6. The fourth-order valence-electron chi connectivity index (χ4n) is 1.98. The number of ether oxygens (including phenoxy) is 2. The summed E-state index contributed by atoms with van der Waals surface area (Å²) in [6.07, 6.45) is -1.95. The van der Waals surface area contributed by atoms with Crippen LogP contribution in [0.25, 0.3) is 0 Å². The highest BCUT2D eigenvalue weighted by atomic mass is 16.6. The Morgan fingerprint density at radius 1 is 1.04 bits per heavy atom. The lowest BCUT2D eigenvalue weighted by atomic mass is 10.1. The third kappa shape index (κ3) is 11.7. The Labute approximate surface area is 159 Å². The first kappa shape index (κ1) is 24.5. The number of carbonyl (C=O) groups is 4. The van der Waals surface area contributed by atoms with Gasteiger partial charge in [0.05, 0.1) is 0 Å². The van der Waals surface area contributed by atoms with Crippen LogP contribution in [-0.2, 0) is 19.1 Å². The van der Waals surface area contributed by atoms with Crippen LogP contribution in [0.15, 0.2) is 0 Å². The first-order valence-electron chi connectivity index (χ1n) is 8.60. The third-order valence-electron chi connectivity index (χ3n) is 2.97. The van der Waals surface area contributed by atoms with Crippen LogP contribution in [-0.4, -0.2) is 64.4 Å². The minimum atomic E-state index is -1.33. The number of alkyl carbamates (subject to hydrolysis) is 1. The van der Waals surface area contributed by atoms with Crippen LogP contribution in [0.2, 0.25) is 0 Å². The molecule has 0 heterocycles. The molecule has 0 aliphatic carbocycles. The number of amides is 3. The second kappa shape index (κ2) is 9.98. The number of rotatable bonds is 8. The Bertz CT molecular complexity index is 550. The zero-order valence-corrected chi connectivity index (χ0v) is 16.8. The van der Waals surface area contributed by atoms with Crippen molar-refractivity contribution < 1.29 is 33.8 Å². The molecule has 0 aliphatic heterocycles. The fourth-order valence-corrected chi connectivity index (χ4v) is 1.98. The van der Waals surface area contributed by atoms with Crippen molar-refractivity contribution in [2.45, 2.75) is 71.6 Å². The van der Waals surface area contributed by atoms with E-state index >= 15 is 0 Å². The van der Waals surface area contributed by atoms with E-state index in [1.165, 1.54) is 0 Å². The molecule has 0 aromatic rings. The first-order chi connectivity index (χ1) is 12.1. The van der Waals surface area contributed by atoms with Crippen molar-refractivity contribution in [3.63, 3.8) is 0 Å². The Kier molecular flexibility index (Phi) is 9.05. The summed E-state index contributed by atoms with van der Waals surface area (Å²) in [6, 6.07) is -1.33. The van der Waals surface area contributed by atoms with Crippen molar-refractivity contribution in [2.75, 3.05) is 13.1 Å². The highest BCUT2D eigenvalue weighted by Crippen LogP contribution is 2.15. The van der Waals surface area contributed by atoms with Crippen molar-refractivity contribution in [3.05, 3.63) is 0 Å². The van der Waals surface area contributed by atoms with Crippen molar-refractivity contribution >= 4 is 24.1 Å². The largest absolute Gasteiger partial charge is 0.480 e. The molecule has 0 aromatic carbocycles. The zero-order valence-electron chi connectivity index (χ0n) is 16.8. The maximum atomic E-state index is 12.4. The first-order valence-corrected chi connectivity index (χ1v) is 8.60. The van der Waals surface area contributed by atoms with E-state index in [1.807, 2.05) is 0 Å². The normalized spacial score (nSPS) is 12.7. The second-order valence-corrected chi connectivity index (χ2v) is 7.96. The average Bonchev–Trinajstić information content (AvgIpc) is 2.40. The van der Waals surface area contributed by atoms with Gasteiger partial charge in [0.15, 0.2) is 0 Å². The van der Waals surface area contributed by atoms with Gasteiger partial charge in [-0.15, -0.1) is 0 Å². The molecule has 0 aliphatic rings. The number of aliphatic carboxylic acids is 1. The number of primary amides is 1. The van der Waals surface area contributed by atoms with Gasteiger partial charge >= 0.3 is 18.2 Å². The predicted octanol–water partition coefficient (Wildman–Crippen LogP) is 1.47. The van der Waals surface area contributed by atoms with Crippen molar-refractivity contribution in [1.29, 1.82) is 0 Å². The smallest absolute Gasteiger partial charge is 0.411 e. The predicted molar refractivity (Wildman–Crippen MR) is 97.0 cm³/mol. The van der Waals surface area contributed by atoms with Gasteiger partial charge in [0.1, 0.15) is 17.2 Å². The fraction of sp³-hybridized carbons (Fsp3) is 0.765. The van der Waals surface area contributed by atoms with Gasteiger partial charge in [-0.05, 0) is 48.0 Å². The molecule has 0 saturated carbocycles. The second-order valence-electron chi connectivity index (χ2n) is 7.96. The maximum Gasteiger partial charge on any atom is 0.411 e. The highest BCUT2D eigenvalue weighted by molar-refractivity contribution is 5.81. The van der Waals surface area contributed by atoms with Crippen LogP contribution in [0, 0.1) is 0 Å². The number of carboxylic acid groups (broad SMARTS) is 1. The molecule has 156 valence electrons. The Morgan fingerprint density at radius 3 is 1.96 bits per heavy atom. The monoisotopic (exact) mass is 389 g/mol. The minimum Gasteiger partial charge on any atom is -0.480 e. The Balaban J connectivity index is 5.16. The van der Waals surface area contributed by atoms with Gasteiger partial charge in [0.2, 0.25) is 5.91 Å². The van der Waals surface area contributed by atoms with Crippen LogP contribution >= 0.6 is 0 Å². The summed E-state index contributed by atoms with van der Waals surface area (Å²) >= 11 is 0. The van der Waals surface area contributed by atoms with E-state index in [0.29, 0.717) is 0 Å². The average molecular weight is 389 g/mol. The summed E-state index contributed by atoms with van der Waals surface area (Å²) in [7, 11) is 0. The summed E-state index contributed by atoms with van der Waals surface area (Å²) in [5.74, 6) is -1.99. The molecule has 27 heavy (non-hydrogen) atoms. The summed E-state index contributed by atoms with van der Waals surface area (Å²) in [5, 5.41) is 11.9. The van der Waals surface area contributed by atoms with Crippen molar-refractivity contribution in [1.82, 2.24) is 10.2 Å². The van der Waals surface area contributed by atoms with E-state index in [2.05, 4.69) is 5.32 Å². The molecule has 4 N–H and O–H groups in total. The summed E-state index contributed by atoms with van der Waals surface area (Å²) in [4.78, 5) is 47.7. The van der Waals surface area contributed by atoms with E-state index in [0.717, 1.165) is 4.90 Å². The molecule has 1 atom stereocenters. The van der Waals surface area contributed by atoms with Crippen LogP contribution in [0.1, 0.15) is 54.4 Å².